The predicted molar refractivity (Wildman–Crippen MR) is 63.1 cm³/mol. The average Bonchev–Trinajstić information content (AvgIpc) is 2.46. The van der Waals surface area contributed by atoms with E-state index in [1.165, 1.54) is 37.8 Å². The van der Waals surface area contributed by atoms with Crippen molar-refractivity contribution in [1.82, 2.24) is 0 Å². The minimum Gasteiger partial charge on any atom is -1.00 e. The molecule has 0 heterocycles. The topological polar surface area (TPSA) is 9.23 Å². The van der Waals surface area contributed by atoms with Crippen LogP contribution in [0.1, 0.15) is 38.5 Å². The molecule has 4 heteroatoms. The zero-order valence-corrected chi connectivity index (χ0v) is 12.9. The van der Waals surface area contributed by atoms with Gasteiger partial charge in [0.1, 0.15) is 0 Å². The normalized spacial score (nSPS) is 16.3. The van der Waals surface area contributed by atoms with Crippen LogP contribution in [0.5, 0.6) is 5.75 Å². The van der Waals surface area contributed by atoms with Crippen LogP contribution in [0.15, 0.2) is 18.2 Å². The molecule has 17 heavy (non-hydrogen) atoms. The van der Waals surface area contributed by atoms with Gasteiger partial charge in [-0.1, -0.05) is 18.9 Å². The molecule has 0 saturated heterocycles. The van der Waals surface area contributed by atoms with Crippen LogP contribution in [0, 0.1) is 11.9 Å². The summed E-state index contributed by atoms with van der Waals surface area (Å²) in [6, 6.07) is 7.28. The fourth-order valence-corrected chi connectivity index (χ4v) is 2.03. The fourth-order valence-electron chi connectivity index (χ4n) is 2.03. The molecule has 1 aliphatic carbocycles. The quantitative estimate of drug-likeness (QED) is 0.435. The molecule has 2 rings (SSSR count). The van der Waals surface area contributed by atoms with Gasteiger partial charge in [-0.2, -0.15) is 6.07 Å². The van der Waals surface area contributed by atoms with Crippen LogP contribution in [0.4, 0.5) is 4.39 Å². The van der Waals surface area contributed by atoms with E-state index in [0.29, 0.717) is 5.75 Å². The van der Waals surface area contributed by atoms with Gasteiger partial charge in [-0.05, 0) is 25.7 Å². The van der Waals surface area contributed by atoms with Crippen molar-refractivity contribution in [3.05, 3.63) is 30.1 Å². The number of ether oxygens (including phenoxy) is 1. The van der Waals surface area contributed by atoms with Crippen LogP contribution >= 0.6 is 0 Å². The van der Waals surface area contributed by atoms with Gasteiger partial charge in [0.25, 0.3) is 0 Å². The Morgan fingerprint density at radius 1 is 1.18 bits per heavy atom. The molecule has 1 fully saturated rings. The maximum absolute atomic E-state index is 12.9. The molecule has 1 aromatic carbocycles. The summed E-state index contributed by atoms with van der Waals surface area (Å²) in [6.45, 7) is 0. The summed E-state index contributed by atoms with van der Waals surface area (Å²) >= 11 is 0. The molecule has 0 aliphatic heterocycles. The Hall–Kier alpha value is 0.196. The van der Waals surface area contributed by atoms with Gasteiger partial charge in [-0.25, -0.2) is 4.39 Å². The second kappa shape index (κ2) is 9.17. The molecular weight excluding hydrogens is 295 g/mol. The minimum absolute atomic E-state index is 0. The zero-order valence-electron chi connectivity index (χ0n) is 9.92. The first-order valence-electron chi connectivity index (χ1n) is 5.68. The van der Waals surface area contributed by atoms with Crippen molar-refractivity contribution in [1.29, 1.82) is 0 Å². The SMILES string of the molecule is Fc1cc[c-]c(OC2CCCCCC2)c1.[Br-].[Mg+2]. The van der Waals surface area contributed by atoms with E-state index in [4.69, 9.17) is 4.74 Å². The summed E-state index contributed by atoms with van der Waals surface area (Å²) in [5.74, 6) is 0.291. The Kier molecular flexibility index (Phi) is 9.28. The van der Waals surface area contributed by atoms with Crippen LogP contribution < -0.4 is 21.7 Å². The Bertz CT molecular complexity index is 314. The molecule has 1 nitrogen and oxygen atoms in total. The summed E-state index contributed by atoms with van der Waals surface area (Å²) < 4.78 is 18.6. The molecule has 1 aliphatic rings. The van der Waals surface area contributed by atoms with Crippen molar-refractivity contribution in [3.63, 3.8) is 0 Å². The molecule has 0 spiro atoms. The summed E-state index contributed by atoms with van der Waals surface area (Å²) in [7, 11) is 0. The van der Waals surface area contributed by atoms with E-state index >= 15 is 0 Å². The monoisotopic (exact) mass is 310 g/mol. The summed E-state index contributed by atoms with van der Waals surface area (Å²) in [5, 5.41) is 0. The van der Waals surface area contributed by atoms with Gasteiger partial charge in [-0.3, -0.25) is 0 Å². The Labute approximate surface area is 129 Å². The largest absolute Gasteiger partial charge is 2.00 e. The van der Waals surface area contributed by atoms with Crippen LogP contribution in [-0.4, -0.2) is 29.2 Å². The standard InChI is InChI=1S/C13H16FO.BrH.Mg/c14-11-6-5-9-13(10-11)15-12-7-3-1-2-4-8-12;;/h5-6,10,12H,1-4,7-8H2;1H;/q-1;;+2/p-1. The molecule has 0 unspecified atom stereocenters. The number of rotatable bonds is 2. The van der Waals surface area contributed by atoms with E-state index in [0.717, 1.165) is 12.8 Å². The molecule has 0 atom stereocenters. The molecule has 0 amide bonds. The number of benzene rings is 1. The summed E-state index contributed by atoms with van der Waals surface area (Å²) in [4.78, 5) is 0. The molecule has 90 valence electrons. The Morgan fingerprint density at radius 3 is 2.41 bits per heavy atom. The summed E-state index contributed by atoms with van der Waals surface area (Å²) in [5.41, 5.74) is 0. The van der Waals surface area contributed by atoms with Gasteiger partial charge in [-0.15, -0.1) is 12.1 Å². The van der Waals surface area contributed by atoms with Crippen molar-refractivity contribution in [2.45, 2.75) is 44.6 Å². The van der Waals surface area contributed by atoms with E-state index in [2.05, 4.69) is 6.07 Å². The van der Waals surface area contributed by atoms with Crippen molar-refractivity contribution in [2.75, 3.05) is 0 Å². The first kappa shape index (κ1) is 17.2. The smallest absolute Gasteiger partial charge is 1.00 e. The third-order valence-corrected chi connectivity index (χ3v) is 2.83. The first-order valence-corrected chi connectivity index (χ1v) is 5.68. The van der Waals surface area contributed by atoms with Crippen molar-refractivity contribution in [3.8, 4) is 5.75 Å². The van der Waals surface area contributed by atoms with E-state index in [9.17, 15) is 4.39 Å². The van der Waals surface area contributed by atoms with Gasteiger partial charge in [0.15, 0.2) is 0 Å². The van der Waals surface area contributed by atoms with Crippen LogP contribution in [-0.2, 0) is 0 Å². The van der Waals surface area contributed by atoms with Crippen molar-refractivity contribution >= 4 is 23.1 Å². The van der Waals surface area contributed by atoms with Gasteiger partial charge in [0.2, 0.25) is 0 Å². The summed E-state index contributed by atoms with van der Waals surface area (Å²) in [6.07, 6.45) is 7.47. The van der Waals surface area contributed by atoms with Gasteiger partial charge < -0.3 is 21.7 Å². The van der Waals surface area contributed by atoms with Crippen molar-refractivity contribution in [2.24, 2.45) is 0 Å². The van der Waals surface area contributed by atoms with E-state index in [-0.39, 0.29) is 52.0 Å². The Morgan fingerprint density at radius 2 is 1.82 bits per heavy atom. The maximum Gasteiger partial charge on any atom is 2.00 e. The number of halogens is 2. The van der Waals surface area contributed by atoms with E-state index < -0.39 is 0 Å². The van der Waals surface area contributed by atoms with Crippen LogP contribution in [0.3, 0.4) is 0 Å². The first-order chi connectivity index (χ1) is 7.34. The maximum atomic E-state index is 12.9. The van der Waals surface area contributed by atoms with Crippen LogP contribution in [0.2, 0.25) is 0 Å². The number of hydrogen-bond acceptors (Lipinski definition) is 1. The fraction of sp³-hybridized carbons (Fsp3) is 0.538. The van der Waals surface area contributed by atoms with Gasteiger partial charge >= 0.3 is 23.1 Å². The Balaban J connectivity index is 0.00000128. The molecule has 0 N–H and O–H groups in total. The van der Waals surface area contributed by atoms with E-state index in [1.54, 1.807) is 6.07 Å². The molecule has 0 radical (unpaired) electrons. The third-order valence-electron chi connectivity index (χ3n) is 2.83. The third kappa shape index (κ3) is 6.07. The predicted octanol–water partition coefficient (Wildman–Crippen LogP) is 0.351. The minimum atomic E-state index is -0.252. The van der Waals surface area contributed by atoms with Gasteiger partial charge in [0, 0.05) is 11.6 Å². The second-order valence-corrected chi connectivity index (χ2v) is 4.10. The van der Waals surface area contributed by atoms with E-state index in [1.807, 2.05) is 0 Å². The average molecular weight is 311 g/mol. The number of hydrogen-bond donors (Lipinski definition) is 0. The molecule has 1 aromatic rings. The van der Waals surface area contributed by atoms with Gasteiger partial charge in [0.05, 0.1) is 6.10 Å². The molecule has 0 bridgehead atoms. The molecule has 0 aromatic heterocycles. The molecular formula is C13H16BrFMgO. The molecule has 1 saturated carbocycles. The van der Waals surface area contributed by atoms with Crippen molar-refractivity contribution < 1.29 is 26.1 Å². The van der Waals surface area contributed by atoms with Crippen LogP contribution in [0.25, 0.3) is 0 Å². The zero-order chi connectivity index (χ0) is 10.5. The second-order valence-electron chi connectivity index (χ2n) is 4.10.